The van der Waals surface area contributed by atoms with E-state index in [9.17, 15) is 19.2 Å². The quantitative estimate of drug-likeness (QED) is 0.188. The third-order valence-electron chi connectivity index (χ3n) is 7.09. The smallest absolute Gasteiger partial charge is 0.262 e. The lowest BCUT2D eigenvalue weighted by Gasteiger charge is -2.36. The van der Waals surface area contributed by atoms with Crippen LogP contribution in [-0.4, -0.2) is 132 Å². The summed E-state index contributed by atoms with van der Waals surface area (Å²) in [4.78, 5) is 55.3. The Kier molecular flexibility index (Phi) is 15.6. The Bertz CT molecular complexity index is 1060. The number of hydrogen-bond donors (Lipinski definition) is 2. The van der Waals surface area contributed by atoms with Crippen molar-refractivity contribution >= 4 is 54.1 Å². The molecule has 2 saturated heterocycles. The van der Waals surface area contributed by atoms with Crippen LogP contribution in [0.2, 0.25) is 0 Å². The maximum atomic E-state index is 13.1. The van der Waals surface area contributed by atoms with E-state index >= 15 is 0 Å². The maximum Gasteiger partial charge on any atom is 0.262 e. The van der Waals surface area contributed by atoms with Gasteiger partial charge in [0.05, 0.1) is 64.0 Å². The highest BCUT2D eigenvalue weighted by Crippen LogP contribution is 2.31. The van der Waals surface area contributed by atoms with Crippen LogP contribution in [0.25, 0.3) is 0 Å². The van der Waals surface area contributed by atoms with Crippen LogP contribution in [0.5, 0.6) is 0 Å². The number of ether oxygens (including phenoxy) is 4. The molecule has 1 aromatic carbocycles. The van der Waals surface area contributed by atoms with E-state index in [-0.39, 0.29) is 37.7 Å². The zero-order valence-corrected chi connectivity index (χ0v) is 25.3. The fraction of sp³-hybridized carbons (Fsp3) is 0.630. The van der Waals surface area contributed by atoms with Gasteiger partial charge in [-0.3, -0.25) is 34.3 Å². The van der Waals surface area contributed by atoms with Crippen molar-refractivity contribution in [2.24, 2.45) is 5.73 Å². The summed E-state index contributed by atoms with van der Waals surface area (Å²) in [6.07, 6.45) is 0.240. The van der Waals surface area contributed by atoms with Gasteiger partial charge in [-0.15, -0.1) is 24.8 Å². The average Bonchev–Trinajstić information content (AvgIpc) is 3.20. The molecule has 1 aromatic rings. The molecular weight excluding hydrogens is 593 g/mol. The van der Waals surface area contributed by atoms with Crippen LogP contribution in [0.4, 0.5) is 5.69 Å². The van der Waals surface area contributed by atoms with Crippen molar-refractivity contribution in [2.45, 2.75) is 18.9 Å². The molecule has 2 fully saturated rings. The number of halogens is 2. The highest BCUT2D eigenvalue weighted by Gasteiger charge is 2.44. The molecule has 42 heavy (non-hydrogen) atoms. The number of hydrogen-bond acceptors (Lipinski definition) is 11. The molecule has 4 rings (SSSR count). The third-order valence-corrected chi connectivity index (χ3v) is 7.09. The molecule has 1 unspecified atom stereocenters. The molecule has 3 aliphatic rings. The number of amides is 4. The number of piperazine rings is 1. The minimum Gasteiger partial charge on any atom is -0.378 e. The second-order valence-electron chi connectivity index (χ2n) is 9.74. The number of nitrogens with zero attached hydrogens (tertiary/aromatic N) is 3. The van der Waals surface area contributed by atoms with Gasteiger partial charge in [0.2, 0.25) is 11.8 Å². The van der Waals surface area contributed by atoms with Crippen molar-refractivity contribution in [1.82, 2.24) is 15.1 Å². The average molecular weight is 635 g/mol. The van der Waals surface area contributed by atoms with Crippen LogP contribution in [0, 0.1) is 0 Å². The zero-order valence-electron chi connectivity index (χ0n) is 23.6. The minimum absolute atomic E-state index is 0. The zero-order chi connectivity index (χ0) is 28.3. The van der Waals surface area contributed by atoms with E-state index in [4.69, 9.17) is 24.7 Å². The van der Waals surface area contributed by atoms with Crippen LogP contribution < -0.4 is 16.0 Å². The highest BCUT2D eigenvalue weighted by atomic mass is 35.5. The molecule has 1 atom stereocenters. The van der Waals surface area contributed by atoms with Crippen molar-refractivity contribution in [2.75, 3.05) is 97.0 Å². The summed E-state index contributed by atoms with van der Waals surface area (Å²) >= 11 is 0. The van der Waals surface area contributed by atoms with Gasteiger partial charge in [-0.05, 0) is 24.6 Å². The topological polar surface area (TPSA) is 153 Å². The van der Waals surface area contributed by atoms with Gasteiger partial charge >= 0.3 is 0 Å². The summed E-state index contributed by atoms with van der Waals surface area (Å²) < 4.78 is 21.8. The second-order valence-corrected chi connectivity index (χ2v) is 9.74. The Labute approximate surface area is 258 Å². The molecule has 0 radical (unpaired) electrons. The van der Waals surface area contributed by atoms with Crippen molar-refractivity contribution < 1.29 is 38.1 Å². The highest BCUT2D eigenvalue weighted by molar-refractivity contribution is 6.23. The Morgan fingerprint density at radius 1 is 0.762 bits per heavy atom. The van der Waals surface area contributed by atoms with Crippen LogP contribution in [-0.2, 0) is 28.5 Å². The predicted octanol–water partition coefficient (Wildman–Crippen LogP) is 0.0785. The van der Waals surface area contributed by atoms with Gasteiger partial charge in [0, 0.05) is 51.4 Å². The normalized spacial score (nSPS) is 18.9. The van der Waals surface area contributed by atoms with Gasteiger partial charge < -0.3 is 29.6 Å². The molecule has 0 saturated carbocycles. The summed E-state index contributed by atoms with van der Waals surface area (Å²) in [5.74, 6) is -1.98. The molecular formula is C27H41Cl2N5O8. The largest absolute Gasteiger partial charge is 0.378 e. The number of piperidine rings is 1. The van der Waals surface area contributed by atoms with Crippen LogP contribution in [0.3, 0.4) is 0 Å². The Hall–Kier alpha value is -2.36. The second kappa shape index (κ2) is 18.3. The number of benzene rings is 1. The van der Waals surface area contributed by atoms with E-state index < -0.39 is 29.7 Å². The van der Waals surface area contributed by atoms with Crippen LogP contribution >= 0.6 is 24.8 Å². The van der Waals surface area contributed by atoms with E-state index in [1.807, 2.05) is 6.07 Å². The van der Waals surface area contributed by atoms with E-state index in [2.05, 4.69) is 15.1 Å². The molecule has 3 heterocycles. The lowest BCUT2D eigenvalue weighted by molar-refractivity contribution is -0.136. The van der Waals surface area contributed by atoms with Crippen LogP contribution in [0.15, 0.2) is 18.2 Å². The lowest BCUT2D eigenvalue weighted by Crippen LogP contribution is -2.54. The summed E-state index contributed by atoms with van der Waals surface area (Å²) in [7, 11) is 0. The summed E-state index contributed by atoms with van der Waals surface area (Å²) in [6, 6.07) is 4.28. The molecule has 3 N–H and O–H groups in total. The van der Waals surface area contributed by atoms with Gasteiger partial charge in [0.25, 0.3) is 11.8 Å². The number of nitrogens with one attached hydrogen (secondary N) is 1. The van der Waals surface area contributed by atoms with E-state index in [1.165, 1.54) is 0 Å². The Morgan fingerprint density at radius 2 is 1.33 bits per heavy atom. The predicted molar refractivity (Wildman–Crippen MR) is 159 cm³/mol. The lowest BCUT2D eigenvalue weighted by atomic mass is 10.0. The van der Waals surface area contributed by atoms with E-state index in [0.29, 0.717) is 70.5 Å². The first kappa shape index (κ1) is 35.8. The van der Waals surface area contributed by atoms with Gasteiger partial charge in [-0.1, -0.05) is 0 Å². The molecule has 0 aromatic heterocycles. The summed E-state index contributed by atoms with van der Waals surface area (Å²) in [6.45, 7) is 8.87. The molecule has 0 bridgehead atoms. The Balaban J connectivity index is 0.00000308. The fourth-order valence-electron chi connectivity index (χ4n) is 4.92. The third kappa shape index (κ3) is 9.58. The molecule has 0 aliphatic carbocycles. The first-order valence-electron chi connectivity index (χ1n) is 13.8. The standard InChI is InChI=1S/C27H39N5O8.2ClH/c28-5-11-37-13-15-39-17-18-40-16-14-38-12-10-30-6-8-31(9-7-30)20-1-2-21-22(19-20)27(36)32(26(21)35)23-3-4-24(33)29-25(23)34;;/h1-2,19,23H,3-18,28H2,(H,29,33,34);2*1H. The molecule has 13 nitrogen and oxygen atoms in total. The van der Waals surface area contributed by atoms with E-state index in [0.717, 1.165) is 43.3 Å². The van der Waals surface area contributed by atoms with Gasteiger partial charge in [-0.25, -0.2) is 0 Å². The van der Waals surface area contributed by atoms with Crippen molar-refractivity contribution in [1.29, 1.82) is 0 Å². The number of carbonyl (C=O) groups excluding carboxylic acids is 4. The molecule has 15 heteroatoms. The first-order chi connectivity index (χ1) is 19.5. The summed E-state index contributed by atoms with van der Waals surface area (Å²) in [5, 5.41) is 2.22. The van der Waals surface area contributed by atoms with Crippen molar-refractivity contribution in [3.8, 4) is 0 Å². The number of carbonyl (C=O) groups is 4. The SMILES string of the molecule is Cl.Cl.NCCOCCOCCOCCOCCN1CCN(c2ccc3c(c2)C(=O)N(C2CCC(=O)NC2=O)C3=O)CC1. The number of anilines is 1. The minimum atomic E-state index is -0.961. The van der Waals surface area contributed by atoms with Gasteiger partial charge in [-0.2, -0.15) is 0 Å². The number of imide groups is 2. The molecule has 4 amide bonds. The number of rotatable bonds is 16. The Morgan fingerprint density at radius 3 is 1.93 bits per heavy atom. The number of nitrogens with two attached hydrogens (primary N) is 1. The first-order valence-corrected chi connectivity index (χ1v) is 13.8. The van der Waals surface area contributed by atoms with Crippen LogP contribution in [0.1, 0.15) is 33.6 Å². The molecule has 3 aliphatic heterocycles. The van der Waals surface area contributed by atoms with Gasteiger partial charge in [0.1, 0.15) is 6.04 Å². The molecule has 236 valence electrons. The van der Waals surface area contributed by atoms with Gasteiger partial charge in [0.15, 0.2) is 0 Å². The monoisotopic (exact) mass is 633 g/mol. The van der Waals surface area contributed by atoms with Crippen molar-refractivity contribution in [3.63, 3.8) is 0 Å². The van der Waals surface area contributed by atoms with E-state index in [1.54, 1.807) is 12.1 Å². The number of fused-ring (bicyclic) bond motifs is 1. The summed E-state index contributed by atoms with van der Waals surface area (Å²) in [5.41, 5.74) is 6.80. The molecule has 0 spiro atoms. The van der Waals surface area contributed by atoms with Crippen molar-refractivity contribution in [3.05, 3.63) is 29.3 Å². The maximum absolute atomic E-state index is 13.1. The fourth-order valence-corrected chi connectivity index (χ4v) is 4.92.